The summed E-state index contributed by atoms with van der Waals surface area (Å²) in [5, 5.41) is 3.41. The maximum absolute atomic E-state index is 13.0. The highest BCUT2D eigenvalue weighted by molar-refractivity contribution is 5.18. The van der Waals surface area contributed by atoms with Crippen LogP contribution in [0, 0.1) is 17.6 Å². The first-order valence-electron chi connectivity index (χ1n) is 6.22. The topological polar surface area (TPSA) is 12.0 Å². The van der Waals surface area contributed by atoms with Gasteiger partial charge < -0.3 is 5.32 Å². The zero-order chi connectivity index (χ0) is 12.8. The van der Waals surface area contributed by atoms with Gasteiger partial charge in [0.25, 0.3) is 0 Å². The van der Waals surface area contributed by atoms with Crippen molar-refractivity contribution < 1.29 is 8.78 Å². The van der Waals surface area contributed by atoms with Gasteiger partial charge in [0.1, 0.15) is 0 Å². The Bertz CT molecular complexity index is 352. The van der Waals surface area contributed by atoms with E-state index >= 15 is 0 Å². The second-order valence-electron chi connectivity index (χ2n) is 4.67. The molecule has 0 radical (unpaired) electrons. The third-order valence-corrected chi connectivity index (χ3v) is 3.11. The van der Waals surface area contributed by atoms with Crippen LogP contribution in [0.25, 0.3) is 0 Å². The summed E-state index contributed by atoms with van der Waals surface area (Å²) >= 11 is 0. The van der Waals surface area contributed by atoms with Crippen LogP contribution in [0.4, 0.5) is 8.78 Å². The minimum Gasteiger partial charge on any atom is -0.314 e. The van der Waals surface area contributed by atoms with E-state index in [2.05, 4.69) is 26.1 Å². The molecule has 17 heavy (non-hydrogen) atoms. The van der Waals surface area contributed by atoms with Gasteiger partial charge in [-0.15, -0.1) is 0 Å². The number of hydrogen-bond acceptors (Lipinski definition) is 1. The molecular formula is C14H21F2N. The number of halogens is 2. The van der Waals surface area contributed by atoms with Crippen molar-refractivity contribution >= 4 is 0 Å². The van der Waals surface area contributed by atoms with Crippen molar-refractivity contribution in [2.45, 2.75) is 39.7 Å². The fourth-order valence-electron chi connectivity index (χ4n) is 1.79. The quantitative estimate of drug-likeness (QED) is 0.803. The molecule has 2 atom stereocenters. The summed E-state index contributed by atoms with van der Waals surface area (Å²) in [5.41, 5.74) is 0.849. The molecule has 0 aliphatic rings. The summed E-state index contributed by atoms with van der Waals surface area (Å²) in [6.07, 6.45) is 1.86. The number of rotatable bonds is 6. The Morgan fingerprint density at radius 3 is 2.47 bits per heavy atom. The summed E-state index contributed by atoms with van der Waals surface area (Å²) in [7, 11) is 0. The fraction of sp³-hybridized carbons (Fsp3) is 0.571. The molecule has 1 nitrogen and oxygen atoms in total. The summed E-state index contributed by atoms with van der Waals surface area (Å²) in [6, 6.07) is 4.52. The SMILES string of the molecule is CCCNC(C)C(C)Cc1ccc(F)c(F)c1. The van der Waals surface area contributed by atoms with Crippen LogP contribution in [0.3, 0.4) is 0 Å². The predicted molar refractivity (Wildman–Crippen MR) is 67.0 cm³/mol. The number of hydrogen-bond donors (Lipinski definition) is 1. The first kappa shape index (κ1) is 14.1. The van der Waals surface area contributed by atoms with Gasteiger partial charge in [0.2, 0.25) is 0 Å². The van der Waals surface area contributed by atoms with Gasteiger partial charge in [0, 0.05) is 6.04 Å². The van der Waals surface area contributed by atoms with E-state index in [1.807, 2.05) is 0 Å². The average molecular weight is 241 g/mol. The zero-order valence-electron chi connectivity index (χ0n) is 10.8. The minimum atomic E-state index is -0.779. The fourth-order valence-corrected chi connectivity index (χ4v) is 1.79. The molecule has 2 unspecified atom stereocenters. The van der Waals surface area contributed by atoms with Crippen molar-refractivity contribution in [1.82, 2.24) is 5.32 Å². The molecule has 0 saturated heterocycles. The molecule has 1 N–H and O–H groups in total. The highest BCUT2D eigenvalue weighted by Gasteiger charge is 2.13. The lowest BCUT2D eigenvalue weighted by atomic mass is 9.95. The smallest absolute Gasteiger partial charge is 0.159 e. The Morgan fingerprint density at radius 1 is 1.18 bits per heavy atom. The Labute approximate surface area is 102 Å². The largest absolute Gasteiger partial charge is 0.314 e. The van der Waals surface area contributed by atoms with Gasteiger partial charge in [-0.05, 0) is 49.9 Å². The van der Waals surface area contributed by atoms with E-state index in [-0.39, 0.29) is 0 Å². The van der Waals surface area contributed by atoms with E-state index in [0.29, 0.717) is 12.0 Å². The number of nitrogens with one attached hydrogen (secondary N) is 1. The van der Waals surface area contributed by atoms with Crippen molar-refractivity contribution in [3.05, 3.63) is 35.4 Å². The van der Waals surface area contributed by atoms with Crippen LogP contribution in [0.15, 0.2) is 18.2 Å². The van der Waals surface area contributed by atoms with Gasteiger partial charge in [-0.3, -0.25) is 0 Å². The van der Waals surface area contributed by atoms with Crippen LogP contribution < -0.4 is 5.32 Å². The maximum atomic E-state index is 13.0. The normalized spacial score (nSPS) is 14.6. The van der Waals surface area contributed by atoms with E-state index in [4.69, 9.17) is 0 Å². The van der Waals surface area contributed by atoms with Crippen LogP contribution in [-0.2, 0) is 6.42 Å². The first-order chi connectivity index (χ1) is 8.04. The van der Waals surface area contributed by atoms with Gasteiger partial charge in [-0.25, -0.2) is 8.78 Å². The lowest BCUT2D eigenvalue weighted by molar-refractivity contribution is 0.398. The van der Waals surface area contributed by atoms with E-state index in [1.54, 1.807) is 6.07 Å². The Morgan fingerprint density at radius 2 is 1.88 bits per heavy atom. The molecule has 1 rings (SSSR count). The number of benzene rings is 1. The zero-order valence-corrected chi connectivity index (χ0v) is 10.8. The third-order valence-electron chi connectivity index (χ3n) is 3.11. The molecule has 0 heterocycles. The molecule has 0 fully saturated rings. The van der Waals surface area contributed by atoms with Crippen molar-refractivity contribution in [3.8, 4) is 0 Å². The molecule has 0 spiro atoms. The predicted octanol–water partition coefficient (Wildman–Crippen LogP) is 3.53. The molecular weight excluding hydrogens is 220 g/mol. The molecule has 0 saturated carbocycles. The molecule has 0 amide bonds. The summed E-state index contributed by atoms with van der Waals surface area (Å²) in [4.78, 5) is 0. The van der Waals surface area contributed by atoms with Gasteiger partial charge in [-0.1, -0.05) is 19.9 Å². The van der Waals surface area contributed by atoms with Crippen LogP contribution in [0.2, 0.25) is 0 Å². The summed E-state index contributed by atoms with van der Waals surface area (Å²) in [5.74, 6) is -1.14. The van der Waals surface area contributed by atoms with Crippen molar-refractivity contribution in [2.75, 3.05) is 6.54 Å². The highest BCUT2D eigenvalue weighted by Crippen LogP contribution is 2.15. The van der Waals surface area contributed by atoms with Crippen LogP contribution in [0.5, 0.6) is 0 Å². The standard InChI is InChI=1S/C14H21F2N/c1-4-7-17-11(3)10(2)8-12-5-6-13(15)14(16)9-12/h5-6,9-11,17H,4,7-8H2,1-3H3. The van der Waals surface area contributed by atoms with Crippen LogP contribution in [0.1, 0.15) is 32.8 Å². The van der Waals surface area contributed by atoms with Crippen molar-refractivity contribution in [2.24, 2.45) is 5.92 Å². The molecule has 0 bridgehead atoms. The summed E-state index contributed by atoms with van der Waals surface area (Å²) < 4.78 is 25.8. The monoisotopic (exact) mass is 241 g/mol. The maximum Gasteiger partial charge on any atom is 0.159 e. The van der Waals surface area contributed by atoms with E-state index in [1.165, 1.54) is 12.1 Å². The van der Waals surface area contributed by atoms with Gasteiger partial charge in [0.05, 0.1) is 0 Å². The molecule has 96 valence electrons. The van der Waals surface area contributed by atoms with Crippen molar-refractivity contribution in [3.63, 3.8) is 0 Å². The average Bonchev–Trinajstić information content (AvgIpc) is 2.30. The Balaban J connectivity index is 2.55. The molecule has 1 aromatic carbocycles. The lowest BCUT2D eigenvalue weighted by Gasteiger charge is -2.21. The third kappa shape index (κ3) is 4.43. The summed E-state index contributed by atoms with van der Waals surface area (Å²) in [6.45, 7) is 7.36. The Hall–Kier alpha value is -0.960. The molecule has 3 heteroatoms. The molecule has 0 aliphatic heterocycles. The second kappa shape index (κ2) is 6.70. The lowest BCUT2D eigenvalue weighted by Crippen LogP contribution is -2.33. The molecule has 0 aromatic heterocycles. The van der Waals surface area contributed by atoms with Gasteiger partial charge in [0.15, 0.2) is 11.6 Å². The van der Waals surface area contributed by atoms with E-state index < -0.39 is 11.6 Å². The van der Waals surface area contributed by atoms with Gasteiger partial charge >= 0.3 is 0 Å². The van der Waals surface area contributed by atoms with E-state index in [0.717, 1.165) is 24.9 Å². The van der Waals surface area contributed by atoms with E-state index in [9.17, 15) is 8.78 Å². The highest BCUT2D eigenvalue weighted by atomic mass is 19.2. The first-order valence-corrected chi connectivity index (χ1v) is 6.22. The molecule has 0 aliphatic carbocycles. The van der Waals surface area contributed by atoms with Gasteiger partial charge in [-0.2, -0.15) is 0 Å². The Kier molecular flexibility index (Phi) is 5.56. The van der Waals surface area contributed by atoms with Crippen LogP contribution >= 0.6 is 0 Å². The molecule has 1 aromatic rings. The second-order valence-corrected chi connectivity index (χ2v) is 4.67. The van der Waals surface area contributed by atoms with Crippen molar-refractivity contribution in [1.29, 1.82) is 0 Å². The minimum absolute atomic E-state index is 0.378. The van der Waals surface area contributed by atoms with Crippen LogP contribution in [-0.4, -0.2) is 12.6 Å².